The Morgan fingerprint density at radius 2 is 1.90 bits per heavy atom. The molecule has 0 bridgehead atoms. The number of ether oxygens (including phenoxy) is 1. The van der Waals surface area contributed by atoms with Crippen LogP contribution in [-0.4, -0.2) is 59.3 Å². The lowest BCUT2D eigenvalue weighted by atomic mass is 10.2. The highest BCUT2D eigenvalue weighted by Crippen LogP contribution is 2.21. The molecule has 0 saturated carbocycles. The van der Waals surface area contributed by atoms with Gasteiger partial charge in [-0.3, -0.25) is 4.79 Å². The Hall–Kier alpha value is -2.28. The average molecular weight is 433 g/mol. The van der Waals surface area contributed by atoms with Gasteiger partial charge in [0.1, 0.15) is 12.3 Å². The number of nitrogens with zero attached hydrogens (tertiary/aromatic N) is 1. The molecule has 0 radical (unpaired) electrons. The van der Waals surface area contributed by atoms with Crippen LogP contribution in [0.4, 0.5) is 11.4 Å². The van der Waals surface area contributed by atoms with Gasteiger partial charge in [-0.05, 0) is 49.4 Å². The van der Waals surface area contributed by atoms with Gasteiger partial charge < -0.3 is 24.8 Å². The van der Waals surface area contributed by atoms with Gasteiger partial charge in [-0.15, -0.1) is 0 Å². The van der Waals surface area contributed by atoms with Crippen molar-refractivity contribution in [2.45, 2.75) is 13.5 Å². The van der Waals surface area contributed by atoms with Gasteiger partial charge in [0.05, 0.1) is 46.9 Å². The molecule has 1 aliphatic rings. The summed E-state index contributed by atoms with van der Waals surface area (Å²) in [5.74, 6) is 0.775. The summed E-state index contributed by atoms with van der Waals surface area (Å²) in [5, 5.41) is 3.67. The number of rotatable bonds is 8. The van der Waals surface area contributed by atoms with Crippen molar-refractivity contribution in [1.29, 1.82) is 0 Å². The smallest absolute Gasteiger partial charge is 0.279 e. The number of nitrogens with one attached hydrogen (secondary N) is 3. The van der Waals surface area contributed by atoms with Crippen molar-refractivity contribution in [3.63, 3.8) is 0 Å². The number of anilines is 2. The van der Waals surface area contributed by atoms with Crippen molar-refractivity contribution in [1.82, 2.24) is 0 Å². The molecule has 1 amide bonds. The molecular formula is C23H33ClN4O2+2. The number of carbonyl (C=O) groups is 1. The van der Waals surface area contributed by atoms with Crippen molar-refractivity contribution in [2.24, 2.45) is 0 Å². The largest absolute Gasteiger partial charge is 0.496 e. The summed E-state index contributed by atoms with van der Waals surface area (Å²) in [7, 11) is 3.63. The van der Waals surface area contributed by atoms with E-state index in [9.17, 15) is 4.79 Å². The maximum absolute atomic E-state index is 12.5. The zero-order valence-electron chi connectivity index (χ0n) is 18.1. The number of quaternary nitrogens is 2. The van der Waals surface area contributed by atoms with Crippen LogP contribution in [0.25, 0.3) is 0 Å². The molecule has 6 nitrogen and oxygen atoms in total. The zero-order valence-corrected chi connectivity index (χ0v) is 18.9. The first kappa shape index (κ1) is 22.4. The van der Waals surface area contributed by atoms with Crippen LogP contribution in [0.2, 0.25) is 5.02 Å². The van der Waals surface area contributed by atoms with Crippen molar-refractivity contribution in [3.8, 4) is 5.75 Å². The number of piperazine rings is 1. The third-order valence-corrected chi connectivity index (χ3v) is 5.92. The molecule has 1 heterocycles. The molecule has 30 heavy (non-hydrogen) atoms. The monoisotopic (exact) mass is 432 g/mol. The minimum Gasteiger partial charge on any atom is -0.496 e. The maximum Gasteiger partial charge on any atom is 0.279 e. The summed E-state index contributed by atoms with van der Waals surface area (Å²) in [6.45, 7) is 8.97. The van der Waals surface area contributed by atoms with Crippen LogP contribution in [0.15, 0.2) is 42.5 Å². The van der Waals surface area contributed by atoms with E-state index in [4.69, 9.17) is 16.3 Å². The molecule has 2 aromatic rings. The van der Waals surface area contributed by atoms with E-state index in [0.717, 1.165) is 35.0 Å². The van der Waals surface area contributed by atoms with Crippen molar-refractivity contribution in [2.75, 3.05) is 63.6 Å². The predicted molar refractivity (Wildman–Crippen MR) is 122 cm³/mol. The van der Waals surface area contributed by atoms with Crippen LogP contribution >= 0.6 is 11.6 Å². The second-order valence-corrected chi connectivity index (χ2v) is 8.39. The van der Waals surface area contributed by atoms with Gasteiger partial charge in [0.15, 0.2) is 6.54 Å². The van der Waals surface area contributed by atoms with Gasteiger partial charge in [0, 0.05) is 22.0 Å². The van der Waals surface area contributed by atoms with E-state index in [2.05, 4.69) is 29.3 Å². The number of carbonyl (C=O) groups excluding carboxylic acids is 1. The second kappa shape index (κ2) is 10.7. The lowest BCUT2D eigenvalue weighted by Gasteiger charge is -2.33. The Balaban J connectivity index is 1.50. The highest BCUT2D eigenvalue weighted by atomic mass is 35.5. The zero-order chi connectivity index (χ0) is 21.5. The molecule has 1 aliphatic heterocycles. The van der Waals surface area contributed by atoms with Gasteiger partial charge in [0.25, 0.3) is 5.91 Å². The van der Waals surface area contributed by atoms with E-state index in [1.807, 2.05) is 31.3 Å². The average Bonchev–Trinajstić information content (AvgIpc) is 2.74. The molecule has 1 unspecified atom stereocenters. The van der Waals surface area contributed by atoms with E-state index < -0.39 is 0 Å². The number of methoxy groups -OCH3 is 1. The van der Waals surface area contributed by atoms with Gasteiger partial charge >= 0.3 is 0 Å². The molecule has 0 spiro atoms. The van der Waals surface area contributed by atoms with Gasteiger partial charge in [-0.2, -0.15) is 0 Å². The van der Waals surface area contributed by atoms with Crippen LogP contribution < -0.4 is 24.8 Å². The molecule has 3 rings (SSSR count). The quantitative estimate of drug-likeness (QED) is 0.576. The van der Waals surface area contributed by atoms with E-state index in [1.165, 1.54) is 25.3 Å². The number of hydrogen-bond acceptors (Lipinski definition) is 3. The fraction of sp³-hybridized carbons (Fsp3) is 0.435. The first-order valence-electron chi connectivity index (χ1n) is 10.6. The third-order valence-electron chi connectivity index (χ3n) is 5.68. The van der Waals surface area contributed by atoms with Crippen molar-refractivity contribution in [3.05, 3.63) is 53.1 Å². The van der Waals surface area contributed by atoms with Gasteiger partial charge in [0.2, 0.25) is 0 Å². The van der Waals surface area contributed by atoms with E-state index in [0.29, 0.717) is 18.1 Å². The number of amides is 1. The SMILES string of the molecule is CC[NH+]1CCN(c2ccc(NC(=O)C[NH+](C)Cc3cc(Cl)ccc3OC)cc2)CC1. The molecule has 2 aromatic carbocycles. The van der Waals surface area contributed by atoms with E-state index in [-0.39, 0.29) is 5.91 Å². The molecule has 1 atom stereocenters. The number of halogens is 1. The Kier molecular flexibility index (Phi) is 7.96. The van der Waals surface area contributed by atoms with Crippen LogP contribution in [-0.2, 0) is 11.3 Å². The molecule has 1 saturated heterocycles. The van der Waals surface area contributed by atoms with E-state index >= 15 is 0 Å². The standard InChI is InChI=1S/C23H31ClN4O2/c1-4-27-11-13-28(14-12-27)21-8-6-20(7-9-21)25-23(29)17-26(2)16-18-15-19(24)5-10-22(18)30-3/h5-10,15H,4,11-14,16-17H2,1-3H3,(H,25,29)/p+2. The predicted octanol–water partition coefficient (Wildman–Crippen LogP) is 0.727. The highest BCUT2D eigenvalue weighted by molar-refractivity contribution is 6.30. The Labute approximate surface area is 184 Å². The molecule has 1 fully saturated rings. The summed E-state index contributed by atoms with van der Waals surface area (Å²) in [6.07, 6.45) is 0. The summed E-state index contributed by atoms with van der Waals surface area (Å²) in [4.78, 5) is 17.6. The fourth-order valence-electron chi connectivity index (χ4n) is 3.94. The Morgan fingerprint density at radius 3 is 2.53 bits per heavy atom. The summed E-state index contributed by atoms with van der Waals surface area (Å²) < 4.78 is 5.40. The Morgan fingerprint density at radius 1 is 1.20 bits per heavy atom. The van der Waals surface area contributed by atoms with E-state index in [1.54, 1.807) is 18.1 Å². The third kappa shape index (κ3) is 6.11. The topological polar surface area (TPSA) is 50.5 Å². The molecule has 7 heteroatoms. The lowest BCUT2D eigenvalue weighted by molar-refractivity contribution is -0.898. The number of benzene rings is 2. The van der Waals surface area contributed by atoms with Gasteiger partial charge in [-0.1, -0.05) is 11.6 Å². The lowest BCUT2D eigenvalue weighted by Crippen LogP contribution is -3.14. The first-order chi connectivity index (χ1) is 14.5. The van der Waals surface area contributed by atoms with Crippen molar-refractivity contribution < 1.29 is 19.3 Å². The molecular weight excluding hydrogens is 400 g/mol. The van der Waals surface area contributed by atoms with Crippen LogP contribution in [0.1, 0.15) is 12.5 Å². The van der Waals surface area contributed by atoms with Crippen molar-refractivity contribution >= 4 is 28.9 Å². The molecule has 162 valence electrons. The fourth-order valence-corrected chi connectivity index (χ4v) is 4.14. The number of hydrogen-bond donors (Lipinski definition) is 3. The van der Waals surface area contributed by atoms with Gasteiger partial charge in [-0.25, -0.2) is 0 Å². The first-order valence-corrected chi connectivity index (χ1v) is 11.0. The molecule has 0 aliphatic carbocycles. The normalized spacial score (nSPS) is 15.7. The minimum absolute atomic E-state index is 0.0126. The summed E-state index contributed by atoms with van der Waals surface area (Å²) in [5.41, 5.74) is 3.04. The molecule has 0 aromatic heterocycles. The summed E-state index contributed by atoms with van der Waals surface area (Å²) >= 11 is 6.10. The Bertz CT molecular complexity index is 836. The molecule has 3 N–H and O–H groups in total. The summed E-state index contributed by atoms with van der Waals surface area (Å²) in [6, 6.07) is 13.7. The maximum atomic E-state index is 12.5. The second-order valence-electron chi connectivity index (χ2n) is 7.95. The number of likely N-dealkylation sites (N-methyl/N-ethyl adjacent to an activating group) is 2. The van der Waals surface area contributed by atoms with Crippen LogP contribution in [0.3, 0.4) is 0 Å². The van der Waals surface area contributed by atoms with Crippen LogP contribution in [0.5, 0.6) is 5.75 Å². The van der Waals surface area contributed by atoms with Crippen LogP contribution in [0, 0.1) is 0 Å². The highest BCUT2D eigenvalue weighted by Gasteiger charge is 2.19. The minimum atomic E-state index is -0.0126.